The van der Waals surface area contributed by atoms with Gasteiger partial charge in [-0.05, 0) is 28.1 Å². The van der Waals surface area contributed by atoms with Crippen LogP contribution >= 0.6 is 15.9 Å². The van der Waals surface area contributed by atoms with Crippen LogP contribution in [0.2, 0.25) is 0 Å². The van der Waals surface area contributed by atoms with Crippen molar-refractivity contribution in [2.75, 3.05) is 0 Å². The fourth-order valence-electron chi connectivity index (χ4n) is 1.61. The molecule has 0 aliphatic rings. The second kappa shape index (κ2) is 4.97. The smallest absolute Gasteiger partial charge is 0.185 e. The Morgan fingerprint density at radius 1 is 1.44 bits per heavy atom. The van der Waals surface area contributed by atoms with E-state index < -0.39 is 11.6 Å². The molecule has 18 heavy (non-hydrogen) atoms. The van der Waals surface area contributed by atoms with Gasteiger partial charge in [0.1, 0.15) is 17.3 Å². The van der Waals surface area contributed by atoms with E-state index in [2.05, 4.69) is 20.9 Å². The van der Waals surface area contributed by atoms with Crippen LogP contribution in [0.1, 0.15) is 16.1 Å². The SMILES string of the molecule is Cn1cncc1C(=O)Cc1c(F)ccc(Br)c1F. The van der Waals surface area contributed by atoms with Crippen molar-refractivity contribution in [1.82, 2.24) is 9.55 Å². The quantitative estimate of drug-likeness (QED) is 0.645. The molecule has 94 valence electrons. The Balaban J connectivity index is 2.33. The third kappa shape index (κ3) is 2.33. The zero-order valence-electron chi connectivity index (χ0n) is 9.45. The third-order valence-electron chi connectivity index (χ3n) is 2.58. The van der Waals surface area contributed by atoms with Gasteiger partial charge in [-0.15, -0.1) is 0 Å². The molecule has 0 radical (unpaired) electrons. The van der Waals surface area contributed by atoms with E-state index in [1.807, 2.05) is 0 Å². The van der Waals surface area contributed by atoms with Crippen molar-refractivity contribution < 1.29 is 13.6 Å². The van der Waals surface area contributed by atoms with Gasteiger partial charge in [0, 0.05) is 19.0 Å². The molecular formula is C12H9BrF2N2O. The maximum absolute atomic E-state index is 13.7. The number of aromatic nitrogens is 2. The first-order chi connectivity index (χ1) is 8.50. The molecule has 0 fully saturated rings. The van der Waals surface area contributed by atoms with Gasteiger partial charge in [0.25, 0.3) is 0 Å². The number of ketones is 1. The first-order valence-electron chi connectivity index (χ1n) is 5.12. The van der Waals surface area contributed by atoms with E-state index in [-0.39, 0.29) is 22.2 Å². The minimum atomic E-state index is -0.745. The molecule has 0 unspecified atom stereocenters. The summed E-state index contributed by atoms with van der Waals surface area (Å²) in [6.45, 7) is 0. The monoisotopic (exact) mass is 314 g/mol. The Morgan fingerprint density at radius 3 is 2.78 bits per heavy atom. The number of aryl methyl sites for hydroxylation is 1. The van der Waals surface area contributed by atoms with Gasteiger partial charge >= 0.3 is 0 Å². The lowest BCUT2D eigenvalue weighted by Crippen LogP contribution is -2.11. The molecule has 0 saturated carbocycles. The van der Waals surface area contributed by atoms with E-state index in [1.54, 1.807) is 7.05 Å². The number of benzene rings is 1. The molecule has 0 amide bonds. The minimum absolute atomic E-state index is 0.136. The van der Waals surface area contributed by atoms with Gasteiger partial charge in [-0.1, -0.05) is 0 Å². The van der Waals surface area contributed by atoms with Gasteiger partial charge in [-0.25, -0.2) is 13.8 Å². The maximum Gasteiger partial charge on any atom is 0.185 e. The van der Waals surface area contributed by atoms with Crippen LogP contribution in [0.5, 0.6) is 0 Å². The van der Waals surface area contributed by atoms with Crippen LogP contribution < -0.4 is 0 Å². The van der Waals surface area contributed by atoms with Crippen LogP contribution in [0.15, 0.2) is 29.1 Å². The summed E-state index contributed by atoms with van der Waals surface area (Å²) in [5.41, 5.74) is 0.0735. The number of imidazole rings is 1. The Bertz CT molecular complexity index is 610. The van der Waals surface area contributed by atoms with Crippen molar-refractivity contribution in [2.24, 2.45) is 7.05 Å². The Labute approximate surface area is 111 Å². The van der Waals surface area contributed by atoms with Gasteiger partial charge in [0.05, 0.1) is 17.0 Å². The number of carbonyl (C=O) groups is 1. The minimum Gasteiger partial charge on any atom is -0.331 e. The normalized spacial score (nSPS) is 10.7. The maximum atomic E-state index is 13.7. The fraction of sp³-hybridized carbons (Fsp3) is 0.167. The van der Waals surface area contributed by atoms with E-state index in [0.29, 0.717) is 5.69 Å². The van der Waals surface area contributed by atoms with Crippen LogP contribution in [-0.4, -0.2) is 15.3 Å². The third-order valence-corrected chi connectivity index (χ3v) is 3.19. The molecule has 6 heteroatoms. The molecule has 1 aromatic carbocycles. The van der Waals surface area contributed by atoms with Gasteiger partial charge < -0.3 is 4.57 Å². The summed E-state index contributed by atoms with van der Waals surface area (Å²) in [4.78, 5) is 15.7. The fourth-order valence-corrected chi connectivity index (χ4v) is 1.98. The predicted octanol–water partition coefficient (Wildman–Crippen LogP) is 2.89. The average Bonchev–Trinajstić information content (AvgIpc) is 2.76. The van der Waals surface area contributed by atoms with Crippen LogP contribution in [0.4, 0.5) is 8.78 Å². The molecule has 1 aromatic heterocycles. The topological polar surface area (TPSA) is 34.9 Å². The Hall–Kier alpha value is -1.56. The molecule has 2 rings (SSSR count). The van der Waals surface area contributed by atoms with E-state index in [1.165, 1.54) is 23.2 Å². The highest BCUT2D eigenvalue weighted by Crippen LogP contribution is 2.22. The Morgan fingerprint density at radius 2 is 2.17 bits per heavy atom. The van der Waals surface area contributed by atoms with Crippen LogP contribution in [0, 0.1) is 11.6 Å². The van der Waals surface area contributed by atoms with Crippen LogP contribution in [0.3, 0.4) is 0 Å². The van der Waals surface area contributed by atoms with Crippen LogP contribution in [0.25, 0.3) is 0 Å². The first-order valence-corrected chi connectivity index (χ1v) is 5.92. The summed E-state index contributed by atoms with van der Waals surface area (Å²) >= 11 is 2.96. The van der Waals surface area contributed by atoms with Crippen molar-refractivity contribution in [2.45, 2.75) is 6.42 Å². The molecule has 0 aliphatic carbocycles. The highest BCUT2D eigenvalue weighted by molar-refractivity contribution is 9.10. The zero-order valence-corrected chi connectivity index (χ0v) is 11.0. The number of rotatable bonds is 3. The van der Waals surface area contributed by atoms with Crippen molar-refractivity contribution in [1.29, 1.82) is 0 Å². The summed E-state index contributed by atoms with van der Waals surface area (Å²) in [5.74, 6) is -1.86. The average molecular weight is 315 g/mol. The molecular weight excluding hydrogens is 306 g/mol. The lowest BCUT2D eigenvalue weighted by molar-refractivity contribution is 0.0982. The molecule has 0 saturated heterocycles. The summed E-state index contributed by atoms with van der Waals surface area (Å²) in [6.07, 6.45) is 2.49. The standard InChI is InChI=1S/C12H9BrF2N2O/c1-17-6-16-5-10(17)11(18)4-7-9(14)3-2-8(13)12(7)15/h2-3,5-6H,4H2,1H3. The molecule has 2 aromatic rings. The summed E-state index contributed by atoms with van der Waals surface area (Å²) in [6, 6.07) is 2.39. The van der Waals surface area contributed by atoms with Gasteiger partial charge in [0.2, 0.25) is 0 Å². The predicted molar refractivity (Wildman–Crippen MR) is 65.3 cm³/mol. The second-order valence-corrected chi connectivity index (χ2v) is 4.67. The lowest BCUT2D eigenvalue weighted by Gasteiger charge is -2.06. The molecule has 0 bridgehead atoms. The number of carbonyl (C=O) groups excluding carboxylic acids is 1. The van der Waals surface area contributed by atoms with E-state index in [0.717, 1.165) is 6.07 Å². The summed E-state index contributed by atoms with van der Waals surface area (Å²) in [5, 5.41) is 0. The van der Waals surface area contributed by atoms with Gasteiger partial charge in [0.15, 0.2) is 5.78 Å². The molecule has 1 heterocycles. The van der Waals surface area contributed by atoms with Crippen molar-refractivity contribution >= 4 is 21.7 Å². The summed E-state index contributed by atoms with van der Waals surface area (Å²) < 4.78 is 28.8. The van der Waals surface area contributed by atoms with E-state index in [9.17, 15) is 13.6 Å². The largest absolute Gasteiger partial charge is 0.331 e. The molecule has 0 aliphatic heterocycles. The van der Waals surface area contributed by atoms with E-state index >= 15 is 0 Å². The summed E-state index contributed by atoms with van der Waals surface area (Å²) in [7, 11) is 1.65. The number of Topliss-reactive ketones (excluding diaryl/α,β-unsaturated/α-hetero) is 1. The number of halogens is 3. The molecule has 0 spiro atoms. The number of hydrogen-bond donors (Lipinski definition) is 0. The van der Waals surface area contributed by atoms with Gasteiger partial charge in [-0.2, -0.15) is 0 Å². The zero-order chi connectivity index (χ0) is 13.3. The highest BCUT2D eigenvalue weighted by Gasteiger charge is 2.18. The van der Waals surface area contributed by atoms with Crippen molar-refractivity contribution in [3.05, 3.63) is 52.0 Å². The second-order valence-electron chi connectivity index (χ2n) is 3.81. The molecule has 0 atom stereocenters. The molecule has 3 nitrogen and oxygen atoms in total. The molecule has 0 N–H and O–H groups in total. The first kappa shape index (κ1) is 12.9. The van der Waals surface area contributed by atoms with Crippen molar-refractivity contribution in [3.63, 3.8) is 0 Å². The lowest BCUT2D eigenvalue weighted by atomic mass is 10.1. The number of hydrogen-bond acceptors (Lipinski definition) is 2. The van der Waals surface area contributed by atoms with Crippen LogP contribution in [-0.2, 0) is 13.5 Å². The Kier molecular flexibility index (Phi) is 3.56. The highest BCUT2D eigenvalue weighted by atomic mass is 79.9. The van der Waals surface area contributed by atoms with E-state index in [4.69, 9.17) is 0 Å². The number of nitrogens with zero attached hydrogens (tertiary/aromatic N) is 2. The van der Waals surface area contributed by atoms with Gasteiger partial charge in [-0.3, -0.25) is 4.79 Å². The van der Waals surface area contributed by atoms with Crippen molar-refractivity contribution in [3.8, 4) is 0 Å².